The molecule has 0 spiro atoms. The normalized spacial score (nSPS) is 11.2. The van der Waals surface area contributed by atoms with Crippen molar-refractivity contribution in [2.24, 2.45) is 0 Å². The van der Waals surface area contributed by atoms with Crippen molar-refractivity contribution in [3.63, 3.8) is 0 Å². The van der Waals surface area contributed by atoms with Gasteiger partial charge in [-0.3, -0.25) is 14.8 Å². The smallest absolute Gasteiger partial charge is 0.251 e. The monoisotopic (exact) mass is 749 g/mol. The van der Waals surface area contributed by atoms with Crippen LogP contribution < -0.4 is 5.32 Å². The van der Waals surface area contributed by atoms with Gasteiger partial charge in [-0.25, -0.2) is 23.7 Å². The minimum atomic E-state index is -0.286. The lowest BCUT2D eigenvalue weighted by Gasteiger charge is -2.06. The first-order valence-electron chi connectivity index (χ1n) is 18.1. The molecule has 0 saturated carbocycles. The standard InChI is InChI=1S/C23H18N6O.C21H14FN5/c1-24-23(30)18-5-2-4-17(13-18)20-9-10-21-22(26-20)29(28-27-21)14-15-7-8-19-16(12-15)6-3-11-25-19;22-17-5-1-3-16(12-17)19-8-9-20-21(24-19)27(26-25-20)13-14-6-7-18-15(11-14)4-2-10-23-18/h2-13H,14H2,1H3,(H,24,30);1-12H,13H2. The summed E-state index contributed by atoms with van der Waals surface area (Å²) >= 11 is 0. The zero-order valence-corrected chi connectivity index (χ0v) is 30.5. The average Bonchev–Trinajstić information content (AvgIpc) is 3.86. The quantitative estimate of drug-likeness (QED) is 0.174. The molecule has 6 aromatic heterocycles. The van der Waals surface area contributed by atoms with E-state index in [0.717, 1.165) is 55.3 Å². The lowest BCUT2D eigenvalue weighted by Crippen LogP contribution is -2.17. The van der Waals surface area contributed by atoms with E-state index in [1.54, 1.807) is 40.9 Å². The summed E-state index contributed by atoms with van der Waals surface area (Å²) in [4.78, 5) is 30.1. The highest BCUT2D eigenvalue weighted by molar-refractivity contribution is 5.95. The van der Waals surface area contributed by atoms with E-state index < -0.39 is 0 Å². The molecular formula is C44H32FN11O. The van der Waals surface area contributed by atoms with E-state index in [-0.39, 0.29) is 11.7 Å². The number of nitrogens with zero attached hydrogens (tertiary/aromatic N) is 10. The predicted octanol–water partition coefficient (Wildman–Crippen LogP) is 7.68. The van der Waals surface area contributed by atoms with Crippen molar-refractivity contribution in [2.75, 3.05) is 7.05 Å². The third kappa shape index (κ3) is 7.36. The van der Waals surface area contributed by atoms with Crippen LogP contribution in [0.2, 0.25) is 0 Å². The van der Waals surface area contributed by atoms with Crippen LogP contribution in [0.1, 0.15) is 21.5 Å². The molecule has 4 aromatic carbocycles. The van der Waals surface area contributed by atoms with Crippen LogP contribution in [0.15, 0.2) is 146 Å². The fourth-order valence-corrected chi connectivity index (χ4v) is 6.65. The van der Waals surface area contributed by atoms with Crippen molar-refractivity contribution in [1.29, 1.82) is 0 Å². The molecule has 10 aromatic rings. The molecule has 0 saturated heterocycles. The van der Waals surface area contributed by atoms with Crippen LogP contribution in [0.3, 0.4) is 0 Å². The number of halogens is 1. The van der Waals surface area contributed by atoms with Crippen LogP contribution in [0.4, 0.5) is 4.39 Å². The van der Waals surface area contributed by atoms with E-state index >= 15 is 0 Å². The van der Waals surface area contributed by atoms with Crippen molar-refractivity contribution >= 4 is 50.0 Å². The van der Waals surface area contributed by atoms with Gasteiger partial charge >= 0.3 is 0 Å². The van der Waals surface area contributed by atoms with Crippen LogP contribution in [-0.2, 0) is 13.1 Å². The summed E-state index contributed by atoms with van der Waals surface area (Å²) in [6.45, 7) is 1.09. The van der Waals surface area contributed by atoms with Gasteiger partial charge in [0.1, 0.15) is 16.9 Å². The van der Waals surface area contributed by atoms with Crippen molar-refractivity contribution < 1.29 is 9.18 Å². The van der Waals surface area contributed by atoms with Crippen LogP contribution in [0.25, 0.3) is 66.6 Å². The molecule has 276 valence electrons. The van der Waals surface area contributed by atoms with Crippen molar-refractivity contribution in [3.05, 3.63) is 168 Å². The number of amides is 1. The molecule has 0 aliphatic rings. The lowest BCUT2D eigenvalue weighted by molar-refractivity contribution is 0.0963. The van der Waals surface area contributed by atoms with Crippen LogP contribution in [-0.4, -0.2) is 62.9 Å². The first-order valence-corrected chi connectivity index (χ1v) is 18.1. The third-order valence-corrected chi connectivity index (χ3v) is 9.49. The molecular weight excluding hydrogens is 718 g/mol. The van der Waals surface area contributed by atoms with Gasteiger partial charge in [0.25, 0.3) is 5.91 Å². The summed E-state index contributed by atoms with van der Waals surface area (Å²) in [6.07, 6.45) is 3.57. The molecule has 0 atom stereocenters. The highest BCUT2D eigenvalue weighted by atomic mass is 19.1. The Morgan fingerprint density at radius 2 is 1.11 bits per heavy atom. The Morgan fingerprint density at radius 1 is 0.579 bits per heavy atom. The molecule has 1 N–H and O–H groups in total. The number of fused-ring (bicyclic) bond motifs is 4. The van der Waals surface area contributed by atoms with Gasteiger partial charge in [-0.15, -0.1) is 10.2 Å². The van der Waals surface area contributed by atoms with Crippen molar-refractivity contribution in [3.8, 4) is 22.5 Å². The lowest BCUT2D eigenvalue weighted by atomic mass is 10.1. The highest BCUT2D eigenvalue weighted by Crippen LogP contribution is 2.24. The van der Waals surface area contributed by atoms with Crippen LogP contribution >= 0.6 is 0 Å². The molecule has 13 heteroatoms. The Bertz CT molecular complexity index is 3090. The number of benzene rings is 4. The third-order valence-electron chi connectivity index (χ3n) is 9.49. The fourth-order valence-electron chi connectivity index (χ4n) is 6.65. The molecule has 0 fully saturated rings. The summed E-state index contributed by atoms with van der Waals surface area (Å²) in [5.74, 6) is -0.416. The Balaban J connectivity index is 0.000000149. The topological polar surface area (TPSA) is 142 Å². The Hall–Kier alpha value is -7.80. The minimum absolute atomic E-state index is 0.129. The predicted molar refractivity (Wildman–Crippen MR) is 217 cm³/mol. The van der Waals surface area contributed by atoms with E-state index in [9.17, 15) is 9.18 Å². The number of rotatable bonds is 7. The van der Waals surface area contributed by atoms with Gasteiger partial charge in [-0.2, -0.15) is 0 Å². The molecule has 0 aliphatic carbocycles. The first-order chi connectivity index (χ1) is 28.0. The van der Waals surface area contributed by atoms with E-state index in [1.165, 1.54) is 12.1 Å². The van der Waals surface area contributed by atoms with E-state index in [0.29, 0.717) is 41.2 Å². The second-order valence-corrected chi connectivity index (χ2v) is 13.3. The molecule has 57 heavy (non-hydrogen) atoms. The minimum Gasteiger partial charge on any atom is -0.355 e. The van der Waals surface area contributed by atoms with Gasteiger partial charge in [0.2, 0.25) is 0 Å². The second kappa shape index (κ2) is 15.1. The zero-order valence-electron chi connectivity index (χ0n) is 30.5. The zero-order chi connectivity index (χ0) is 38.7. The summed E-state index contributed by atoms with van der Waals surface area (Å²) in [6, 6.07) is 41.5. The van der Waals surface area contributed by atoms with Gasteiger partial charge in [0, 0.05) is 46.9 Å². The van der Waals surface area contributed by atoms with Gasteiger partial charge in [0.05, 0.1) is 35.5 Å². The summed E-state index contributed by atoms with van der Waals surface area (Å²) < 4.78 is 17.1. The maximum atomic E-state index is 13.5. The largest absolute Gasteiger partial charge is 0.355 e. The van der Waals surface area contributed by atoms with Gasteiger partial charge in [-0.1, -0.05) is 59.0 Å². The summed E-state index contributed by atoms with van der Waals surface area (Å²) in [7, 11) is 1.62. The SMILES string of the molecule is CNC(=O)c1cccc(-c2ccc3nnn(Cc4ccc5ncccc5c4)c3n2)c1.Fc1cccc(-c2ccc3nnn(Cc4ccc5ncccc5c4)c3n2)c1. The number of hydrogen-bond donors (Lipinski definition) is 1. The number of carbonyl (C=O) groups is 1. The first kappa shape index (κ1) is 34.9. The molecule has 12 nitrogen and oxygen atoms in total. The fraction of sp³-hybridized carbons (Fsp3) is 0.0682. The summed E-state index contributed by atoms with van der Waals surface area (Å²) in [5, 5.41) is 21.8. The molecule has 6 heterocycles. The van der Waals surface area contributed by atoms with Crippen molar-refractivity contribution in [2.45, 2.75) is 13.1 Å². The number of hydrogen-bond acceptors (Lipinski definition) is 9. The second-order valence-electron chi connectivity index (χ2n) is 13.3. The molecule has 0 radical (unpaired) electrons. The van der Waals surface area contributed by atoms with Crippen LogP contribution in [0, 0.1) is 5.82 Å². The van der Waals surface area contributed by atoms with Gasteiger partial charge in [-0.05, 0) is 96.1 Å². The number of pyridine rings is 4. The molecule has 1 amide bonds. The van der Waals surface area contributed by atoms with Crippen LogP contribution in [0.5, 0.6) is 0 Å². The van der Waals surface area contributed by atoms with E-state index in [4.69, 9.17) is 4.98 Å². The maximum absolute atomic E-state index is 13.5. The maximum Gasteiger partial charge on any atom is 0.251 e. The molecule has 0 bridgehead atoms. The highest BCUT2D eigenvalue weighted by Gasteiger charge is 2.13. The van der Waals surface area contributed by atoms with E-state index in [2.05, 4.69) is 53.0 Å². The Kier molecular flexibility index (Phi) is 9.28. The number of carbonyl (C=O) groups excluding carboxylic acids is 1. The Morgan fingerprint density at radius 3 is 1.65 bits per heavy atom. The van der Waals surface area contributed by atoms with Gasteiger partial charge in [0.15, 0.2) is 11.3 Å². The van der Waals surface area contributed by atoms with Gasteiger partial charge < -0.3 is 5.32 Å². The van der Waals surface area contributed by atoms with Crippen molar-refractivity contribution in [1.82, 2.24) is 55.2 Å². The molecule has 0 aliphatic heterocycles. The number of aromatic nitrogens is 10. The molecule has 0 unspecified atom stereocenters. The summed E-state index contributed by atoms with van der Waals surface area (Å²) in [5.41, 5.74) is 10.5. The average molecular weight is 750 g/mol. The number of nitrogens with one attached hydrogen (secondary N) is 1. The molecule has 10 rings (SSSR count). The Labute approximate surface area is 324 Å². The van der Waals surface area contributed by atoms with E-state index in [1.807, 2.05) is 97.1 Å².